The maximum absolute atomic E-state index is 5.90. The summed E-state index contributed by atoms with van der Waals surface area (Å²) in [6, 6.07) is 5.92. The third-order valence-electron chi connectivity index (χ3n) is 3.85. The fourth-order valence-corrected chi connectivity index (χ4v) is 3.44. The van der Waals surface area contributed by atoms with E-state index in [1.54, 1.807) is 11.3 Å². The first-order valence-electron chi connectivity index (χ1n) is 6.37. The number of thiazole rings is 1. The van der Waals surface area contributed by atoms with Gasteiger partial charge in [0.05, 0.1) is 16.4 Å². The van der Waals surface area contributed by atoms with Gasteiger partial charge in [-0.3, -0.25) is 4.98 Å². The Morgan fingerprint density at radius 3 is 2.78 bits per heavy atom. The molecule has 3 nitrogen and oxygen atoms in total. The van der Waals surface area contributed by atoms with Crippen molar-refractivity contribution in [1.82, 2.24) is 9.97 Å². The molecule has 1 fully saturated rings. The van der Waals surface area contributed by atoms with E-state index in [2.05, 4.69) is 10.4 Å². The molecule has 3 rings (SSSR count). The zero-order valence-corrected chi connectivity index (χ0v) is 11.1. The van der Waals surface area contributed by atoms with E-state index < -0.39 is 0 Å². The van der Waals surface area contributed by atoms with E-state index in [4.69, 9.17) is 10.7 Å². The molecule has 0 aromatic carbocycles. The van der Waals surface area contributed by atoms with Crippen LogP contribution in [0.4, 0.5) is 0 Å². The smallest absolute Gasteiger partial charge is 0.0998 e. The minimum atomic E-state index is 0.333. The summed E-state index contributed by atoms with van der Waals surface area (Å²) in [4.78, 5) is 9.03. The molecule has 1 aliphatic carbocycles. The van der Waals surface area contributed by atoms with Crippen LogP contribution in [-0.4, -0.2) is 16.5 Å². The topological polar surface area (TPSA) is 51.8 Å². The van der Waals surface area contributed by atoms with Crippen LogP contribution in [0, 0.1) is 5.41 Å². The number of nitrogens with two attached hydrogens (primary N) is 1. The maximum atomic E-state index is 5.90. The molecule has 2 N–H and O–H groups in total. The number of rotatable bonds is 4. The first-order valence-corrected chi connectivity index (χ1v) is 7.25. The molecule has 0 unspecified atom stereocenters. The summed E-state index contributed by atoms with van der Waals surface area (Å²) in [7, 11) is 0. The largest absolute Gasteiger partial charge is 0.330 e. The molecule has 0 spiro atoms. The van der Waals surface area contributed by atoms with Gasteiger partial charge in [-0.05, 0) is 36.9 Å². The van der Waals surface area contributed by atoms with Gasteiger partial charge in [-0.15, -0.1) is 11.3 Å². The average Bonchev–Trinajstić information content (AvgIpc) is 2.83. The lowest BCUT2D eigenvalue weighted by Gasteiger charge is -2.40. The van der Waals surface area contributed by atoms with Crippen LogP contribution < -0.4 is 5.73 Å². The van der Waals surface area contributed by atoms with Gasteiger partial charge in [0.1, 0.15) is 0 Å². The predicted octanol–water partition coefficient (Wildman–Crippen LogP) is 2.88. The third kappa shape index (κ3) is 2.18. The summed E-state index contributed by atoms with van der Waals surface area (Å²) in [5.41, 5.74) is 8.17. The van der Waals surface area contributed by atoms with Gasteiger partial charge >= 0.3 is 0 Å². The third-order valence-corrected chi connectivity index (χ3v) is 4.70. The molecular formula is C14H17N3S. The molecule has 2 heterocycles. The van der Waals surface area contributed by atoms with Gasteiger partial charge in [0.15, 0.2) is 0 Å². The Labute approximate surface area is 111 Å². The van der Waals surface area contributed by atoms with Crippen molar-refractivity contribution >= 4 is 11.3 Å². The van der Waals surface area contributed by atoms with Crippen LogP contribution in [-0.2, 0) is 6.42 Å². The molecular weight excluding hydrogens is 242 g/mol. The summed E-state index contributed by atoms with van der Waals surface area (Å²) in [5, 5.41) is 3.29. The zero-order valence-electron chi connectivity index (χ0n) is 10.3. The average molecular weight is 259 g/mol. The van der Waals surface area contributed by atoms with Gasteiger partial charge in [0.2, 0.25) is 0 Å². The second kappa shape index (κ2) is 4.78. The normalized spacial score (nSPS) is 17.4. The highest BCUT2D eigenvalue weighted by atomic mass is 32.1. The summed E-state index contributed by atoms with van der Waals surface area (Å²) < 4.78 is 0. The van der Waals surface area contributed by atoms with E-state index in [1.165, 1.54) is 24.3 Å². The van der Waals surface area contributed by atoms with Crippen LogP contribution in [0.25, 0.3) is 11.4 Å². The van der Waals surface area contributed by atoms with Crippen molar-refractivity contribution in [3.05, 3.63) is 34.8 Å². The molecule has 2 aromatic rings. The van der Waals surface area contributed by atoms with Crippen LogP contribution in [0.15, 0.2) is 29.8 Å². The Morgan fingerprint density at radius 2 is 2.17 bits per heavy atom. The first-order chi connectivity index (χ1) is 8.81. The van der Waals surface area contributed by atoms with Crippen molar-refractivity contribution in [2.24, 2.45) is 11.1 Å². The van der Waals surface area contributed by atoms with Gasteiger partial charge in [-0.1, -0.05) is 12.5 Å². The summed E-state index contributed by atoms with van der Waals surface area (Å²) >= 11 is 1.73. The van der Waals surface area contributed by atoms with Crippen LogP contribution in [0.2, 0.25) is 0 Å². The lowest BCUT2D eigenvalue weighted by molar-refractivity contribution is 0.145. The minimum absolute atomic E-state index is 0.333. The van der Waals surface area contributed by atoms with Crippen LogP contribution in [0.5, 0.6) is 0 Å². The van der Waals surface area contributed by atoms with Gasteiger partial charge in [0, 0.05) is 18.0 Å². The van der Waals surface area contributed by atoms with Crippen molar-refractivity contribution in [1.29, 1.82) is 0 Å². The Bertz CT molecular complexity index is 511. The Hall–Kier alpha value is -1.26. The molecule has 4 heteroatoms. The highest BCUT2D eigenvalue weighted by molar-refractivity contribution is 7.09. The molecule has 1 aliphatic rings. The van der Waals surface area contributed by atoms with Crippen LogP contribution in [0.3, 0.4) is 0 Å². The fourth-order valence-electron chi connectivity index (χ4n) is 2.47. The lowest BCUT2D eigenvalue weighted by Crippen LogP contribution is -2.39. The molecule has 0 bridgehead atoms. The van der Waals surface area contributed by atoms with Crippen LogP contribution in [0.1, 0.15) is 24.3 Å². The number of hydrogen-bond donors (Lipinski definition) is 1. The Kier molecular flexibility index (Phi) is 3.14. The molecule has 0 saturated heterocycles. The highest BCUT2D eigenvalue weighted by Gasteiger charge is 2.36. The quantitative estimate of drug-likeness (QED) is 0.918. The predicted molar refractivity (Wildman–Crippen MR) is 74.4 cm³/mol. The van der Waals surface area contributed by atoms with Crippen molar-refractivity contribution < 1.29 is 0 Å². The molecule has 18 heavy (non-hydrogen) atoms. The lowest BCUT2D eigenvalue weighted by atomic mass is 9.67. The van der Waals surface area contributed by atoms with Gasteiger partial charge in [-0.2, -0.15) is 0 Å². The molecule has 0 aliphatic heterocycles. The maximum Gasteiger partial charge on any atom is 0.0998 e. The fraction of sp³-hybridized carbons (Fsp3) is 0.429. The number of aromatic nitrogens is 2. The van der Waals surface area contributed by atoms with Crippen molar-refractivity contribution in [2.45, 2.75) is 25.7 Å². The highest BCUT2D eigenvalue weighted by Crippen LogP contribution is 2.43. The van der Waals surface area contributed by atoms with Crippen molar-refractivity contribution in [3.8, 4) is 11.4 Å². The van der Waals surface area contributed by atoms with Crippen LogP contribution >= 0.6 is 11.3 Å². The standard InChI is InChI=1S/C14H17N3S/c15-10-14(5-3-6-14)8-13-17-12(9-18-13)11-4-1-2-7-16-11/h1-2,4,7,9H,3,5-6,8,10,15H2. The van der Waals surface area contributed by atoms with E-state index >= 15 is 0 Å². The van der Waals surface area contributed by atoms with Gasteiger partial charge < -0.3 is 5.73 Å². The first kappa shape index (κ1) is 11.8. The Balaban J connectivity index is 1.78. The number of pyridine rings is 1. The molecule has 1 saturated carbocycles. The molecule has 94 valence electrons. The Morgan fingerprint density at radius 1 is 1.28 bits per heavy atom. The number of nitrogens with zero attached hydrogens (tertiary/aromatic N) is 2. The van der Waals surface area contributed by atoms with Gasteiger partial charge in [0.25, 0.3) is 0 Å². The zero-order chi connectivity index (χ0) is 12.4. The van der Waals surface area contributed by atoms with Gasteiger partial charge in [-0.25, -0.2) is 4.98 Å². The van der Waals surface area contributed by atoms with E-state index in [1.807, 2.05) is 24.4 Å². The monoisotopic (exact) mass is 259 g/mol. The molecule has 0 radical (unpaired) electrons. The van der Waals surface area contributed by atoms with Crippen molar-refractivity contribution in [2.75, 3.05) is 6.54 Å². The second-order valence-corrected chi connectivity index (χ2v) is 6.02. The molecule has 0 atom stereocenters. The van der Waals surface area contributed by atoms with E-state index in [0.29, 0.717) is 5.41 Å². The van der Waals surface area contributed by atoms with E-state index in [0.717, 1.165) is 24.4 Å². The molecule has 2 aromatic heterocycles. The van der Waals surface area contributed by atoms with E-state index in [-0.39, 0.29) is 0 Å². The second-order valence-electron chi connectivity index (χ2n) is 5.08. The number of hydrogen-bond acceptors (Lipinski definition) is 4. The van der Waals surface area contributed by atoms with E-state index in [9.17, 15) is 0 Å². The summed E-state index contributed by atoms with van der Waals surface area (Å²) in [6.45, 7) is 0.783. The SMILES string of the molecule is NCC1(Cc2nc(-c3ccccn3)cs2)CCC1. The summed E-state index contributed by atoms with van der Waals surface area (Å²) in [6.07, 6.45) is 6.66. The minimum Gasteiger partial charge on any atom is -0.330 e. The van der Waals surface area contributed by atoms with Crippen molar-refractivity contribution in [3.63, 3.8) is 0 Å². The summed E-state index contributed by atoms with van der Waals surface area (Å²) in [5.74, 6) is 0. The molecule has 0 amide bonds.